The van der Waals surface area contributed by atoms with E-state index >= 15 is 0 Å². The van der Waals surface area contributed by atoms with Crippen molar-refractivity contribution < 1.29 is 4.74 Å². The van der Waals surface area contributed by atoms with Crippen molar-refractivity contribution in [3.8, 4) is 5.75 Å². The van der Waals surface area contributed by atoms with E-state index in [2.05, 4.69) is 5.32 Å². The van der Waals surface area contributed by atoms with Gasteiger partial charge in [-0.05, 0) is 31.2 Å². The summed E-state index contributed by atoms with van der Waals surface area (Å²) < 4.78 is 5.64. The van der Waals surface area contributed by atoms with E-state index in [-0.39, 0.29) is 0 Å². The van der Waals surface area contributed by atoms with Crippen molar-refractivity contribution >= 4 is 23.2 Å². The first-order valence-corrected chi connectivity index (χ1v) is 5.79. The van der Waals surface area contributed by atoms with Crippen LogP contribution in [0.2, 0.25) is 10.0 Å². The molecule has 1 saturated heterocycles. The second-order valence-electron chi connectivity index (χ2n) is 3.77. The van der Waals surface area contributed by atoms with E-state index in [1.54, 1.807) is 18.2 Å². The predicted octanol–water partition coefficient (Wildman–Crippen LogP) is 2.98. The Morgan fingerprint density at radius 3 is 2.60 bits per heavy atom. The SMILES string of the molecule is Clc1cc(Cl)cc(OCC2CCNC2)c1. The van der Waals surface area contributed by atoms with E-state index in [9.17, 15) is 0 Å². The summed E-state index contributed by atoms with van der Waals surface area (Å²) in [6, 6.07) is 5.28. The minimum Gasteiger partial charge on any atom is -0.493 e. The van der Waals surface area contributed by atoms with Gasteiger partial charge in [-0.1, -0.05) is 23.2 Å². The molecule has 1 unspecified atom stereocenters. The van der Waals surface area contributed by atoms with Crippen LogP contribution in [0.15, 0.2) is 18.2 Å². The van der Waals surface area contributed by atoms with Gasteiger partial charge >= 0.3 is 0 Å². The summed E-state index contributed by atoms with van der Waals surface area (Å²) in [6.07, 6.45) is 1.17. The van der Waals surface area contributed by atoms with Crippen molar-refractivity contribution in [3.63, 3.8) is 0 Å². The number of benzene rings is 1. The van der Waals surface area contributed by atoms with Crippen molar-refractivity contribution in [1.82, 2.24) is 5.32 Å². The molecule has 2 rings (SSSR count). The highest BCUT2D eigenvalue weighted by atomic mass is 35.5. The number of rotatable bonds is 3. The van der Waals surface area contributed by atoms with Gasteiger partial charge in [-0.3, -0.25) is 0 Å². The van der Waals surface area contributed by atoms with Gasteiger partial charge in [0.05, 0.1) is 6.61 Å². The Hall–Kier alpha value is -0.440. The maximum atomic E-state index is 5.87. The van der Waals surface area contributed by atoms with Gasteiger partial charge in [0.25, 0.3) is 0 Å². The average molecular weight is 246 g/mol. The number of halogens is 2. The molecule has 4 heteroatoms. The summed E-state index contributed by atoms with van der Waals surface area (Å²) >= 11 is 11.7. The van der Waals surface area contributed by atoms with Gasteiger partial charge in [-0.15, -0.1) is 0 Å². The Morgan fingerprint density at radius 1 is 1.27 bits per heavy atom. The van der Waals surface area contributed by atoms with Crippen LogP contribution < -0.4 is 10.1 Å². The number of ether oxygens (including phenoxy) is 1. The largest absolute Gasteiger partial charge is 0.493 e. The Balaban J connectivity index is 1.92. The van der Waals surface area contributed by atoms with Crippen LogP contribution >= 0.6 is 23.2 Å². The van der Waals surface area contributed by atoms with Crippen molar-refractivity contribution in [3.05, 3.63) is 28.2 Å². The van der Waals surface area contributed by atoms with Crippen LogP contribution in [0.4, 0.5) is 0 Å². The van der Waals surface area contributed by atoms with Gasteiger partial charge in [0.1, 0.15) is 5.75 Å². The van der Waals surface area contributed by atoms with Crippen molar-refractivity contribution in [1.29, 1.82) is 0 Å². The first kappa shape index (κ1) is 11.1. The standard InChI is InChI=1S/C11H13Cl2NO/c12-9-3-10(13)5-11(4-9)15-7-8-1-2-14-6-8/h3-5,8,14H,1-2,6-7H2. The molecule has 0 amide bonds. The lowest BCUT2D eigenvalue weighted by atomic mass is 10.1. The lowest BCUT2D eigenvalue weighted by molar-refractivity contribution is 0.260. The molecule has 0 aliphatic carbocycles. The van der Waals surface area contributed by atoms with Gasteiger partial charge in [0, 0.05) is 22.5 Å². The molecule has 82 valence electrons. The third-order valence-corrected chi connectivity index (χ3v) is 2.92. The van der Waals surface area contributed by atoms with Gasteiger partial charge in [0.15, 0.2) is 0 Å². The fourth-order valence-corrected chi connectivity index (χ4v) is 2.19. The molecule has 0 saturated carbocycles. The quantitative estimate of drug-likeness (QED) is 0.885. The maximum Gasteiger partial charge on any atom is 0.122 e. The van der Waals surface area contributed by atoms with Crippen molar-refractivity contribution in [2.75, 3.05) is 19.7 Å². The smallest absolute Gasteiger partial charge is 0.122 e. The summed E-state index contributed by atoms with van der Waals surface area (Å²) in [5, 5.41) is 4.53. The Morgan fingerprint density at radius 2 is 2.00 bits per heavy atom. The number of nitrogens with one attached hydrogen (secondary N) is 1. The van der Waals surface area contributed by atoms with E-state index in [1.165, 1.54) is 6.42 Å². The fourth-order valence-electron chi connectivity index (χ4n) is 1.68. The second-order valence-corrected chi connectivity index (χ2v) is 4.65. The first-order valence-electron chi connectivity index (χ1n) is 5.03. The van der Waals surface area contributed by atoms with Crippen LogP contribution in [-0.4, -0.2) is 19.7 Å². The van der Waals surface area contributed by atoms with Crippen LogP contribution in [0.5, 0.6) is 5.75 Å². The lowest BCUT2D eigenvalue weighted by Gasteiger charge is -2.11. The van der Waals surface area contributed by atoms with Crippen LogP contribution in [0.3, 0.4) is 0 Å². The molecule has 1 heterocycles. The van der Waals surface area contributed by atoms with Crippen LogP contribution in [-0.2, 0) is 0 Å². The molecular formula is C11H13Cl2NO. The summed E-state index contributed by atoms with van der Waals surface area (Å²) in [4.78, 5) is 0. The second kappa shape index (κ2) is 5.06. The summed E-state index contributed by atoms with van der Waals surface area (Å²) in [7, 11) is 0. The predicted molar refractivity (Wildman–Crippen MR) is 62.9 cm³/mol. The summed E-state index contributed by atoms with van der Waals surface area (Å²) in [5.74, 6) is 1.35. The molecule has 1 fully saturated rings. The molecular weight excluding hydrogens is 233 g/mol. The fraction of sp³-hybridized carbons (Fsp3) is 0.455. The van der Waals surface area contributed by atoms with E-state index in [0.717, 1.165) is 25.4 Å². The molecule has 15 heavy (non-hydrogen) atoms. The van der Waals surface area contributed by atoms with E-state index in [0.29, 0.717) is 16.0 Å². The highest BCUT2D eigenvalue weighted by Crippen LogP contribution is 2.24. The molecule has 0 bridgehead atoms. The Bertz CT molecular complexity index is 317. The van der Waals surface area contributed by atoms with Gasteiger partial charge < -0.3 is 10.1 Å². The van der Waals surface area contributed by atoms with E-state index in [4.69, 9.17) is 27.9 Å². The maximum absolute atomic E-state index is 5.87. The molecule has 1 aliphatic heterocycles. The Labute approximate surface area is 99.5 Å². The minimum atomic E-state index is 0.600. The highest BCUT2D eigenvalue weighted by molar-refractivity contribution is 6.34. The molecule has 1 aromatic rings. The summed E-state index contributed by atoms with van der Waals surface area (Å²) in [5.41, 5.74) is 0. The minimum absolute atomic E-state index is 0.600. The van der Waals surface area contributed by atoms with Crippen LogP contribution in [0.25, 0.3) is 0 Å². The molecule has 0 radical (unpaired) electrons. The molecule has 0 aromatic heterocycles. The third kappa shape index (κ3) is 3.26. The lowest BCUT2D eigenvalue weighted by Crippen LogP contribution is -2.15. The highest BCUT2D eigenvalue weighted by Gasteiger charge is 2.14. The van der Waals surface area contributed by atoms with Crippen LogP contribution in [0.1, 0.15) is 6.42 Å². The first-order chi connectivity index (χ1) is 7.24. The number of hydrogen-bond acceptors (Lipinski definition) is 2. The zero-order valence-corrected chi connectivity index (χ0v) is 9.81. The molecule has 1 aromatic carbocycles. The zero-order chi connectivity index (χ0) is 10.7. The molecule has 2 nitrogen and oxygen atoms in total. The van der Waals surface area contributed by atoms with Gasteiger partial charge in [0.2, 0.25) is 0 Å². The van der Waals surface area contributed by atoms with Gasteiger partial charge in [-0.2, -0.15) is 0 Å². The van der Waals surface area contributed by atoms with E-state index in [1.807, 2.05) is 0 Å². The third-order valence-electron chi connectivity index (χ3n) is 2.48. The molecule has 0 spiro atoms. The van der Waals surface area contributed by atoms with Crippen molar-refractivity contribution in [2.24, 2.45) is 5.92 Å². The Kier molecular flexibility index (Phi) is 3.73. The molecule has 1 aliphatic rings. The van der Waals surface area contributed by atoms with Crippen molar-refractivity contribution in [2.45, 2.75) is 6.42 Å². The summed E-state index contributed by atoms with van der Waals surface area (Å²) in [6.45, 7) is 2.85. The van der Waals surface area contributed by atoms with Gasteiger partial charge in [-0.25, -0.2) is 0 Å². The molecule has 1 N–H and O–H groups in total. The number of hydrogen-bond donors (Lipinski definition) is 1. The molecule has 1 atom stereocenters. The monoisotopic (exact) mass is 245 g/mol. The normalized spacial score (nSPS) is 20.5. The topological polar surface area (TPSA) is 21.3 Å². The average Bonchev–Trinajstić information content (AvgIpc) is 2.65. The van der Waals surface area contributed by atoms with E-state index < -0.39 is 0 Å². The zero-order valence-electron chi connectivity index (χ0n) is 8.30. The van der Waals surface area contributed by atoms with Crippen LogP contribution in [0, 0.1) is 5.92 Å².